The minimum atomic E-state index is -0.844. The number of unbranched alkanes of at least 4 members (excludes halogenated alkanes) is 53. The maximum absolute atomic E-state index is 12.5. The molecule has 0 aromatic heterocycles. The fraction of sp³-hybridized carbons (Fsp3) is 0.892. The SMILES string of the molecule is CCCCCCCCCCCCCCC/C=C/C(O)C(CO)NC(=O)CCCCCCCCCCCCCCCCC/C=C\C/C=C\CCCCCCCCCCCOC(=O)CCCCCCCCCCCCCCCCCCC. The number of aliphatic hydroxyl groups excluding tert-OH is 2. The number of amides is 1. The third-order valence-electron chi connectivity index (χ3n) is 16.9. The Labute approximate surface area is 500 Å². The molecule has 472 valence electrons. The fourth-order valence-corrected chi connectivity index (χ4v) is 11.4. The topological polar surface area (TPSA) is 95.9 Å². The summed E-state index contributed by atoms with van der Waals surface area (Å²) in [4.78, 5) is 24.6. The average Bonchev–Trinajstić information content (AvgIpc) is 3.46. The van der Waals surface area contributed by atoms with Crippen LogP contribution in [-0.4, -0.2) is 47.4 Å². The molecule has 0 aliphatic heterocycles. The zero-order valence-corrected chi connectivity index (χ0v) is 54.1. The molecule has 0 bridgehead atoms. The van der Waals surface area contributed by atoms with Gasteiger partial charge in [-0.1, -0.05) is 359 Å². The number of rotatable bonds is 68. The molecule has 0 spiro atoms. The molecule has 0 rings (SSSR count). The first kappa shape index (κ1) is 78.1. The van der Waals surface area contributed by atoms with E-state index in [0.29, 0.717) is 19.4 Å². The molecule has 0 fully saturated rings. The monoisotopic (exact) mass is 1120 g/mol. The Morgan fingerprint density at radius 1 is 0.350 bits per heavy atom. The van der Waals surface area contributed by atoms with Gasteiger partial charge >= 0.3 is 5.97 Å². The van der Waals surface area contributed by atoms with E-state index >= 15 is 0 Å². The minimum absolute atomic E-state index is 0.0173. The van der Waals surface area contributed by atoms with E-state index in [4.69, 9.17) is 4.74 Å². The molecule has 6 nitrogen and oxygen atoms in total. The molecule has 0 saturated heterocycles. The van der Waals surface area contributed by atoms with Crippen molar-refractivity contribution in [2.24, 2.45) is 0 Å². The van der Waals surface area contributed by atoms with Gasteiger partial charge in [0.05, 0.1) is 25.4 Å². The van der Waals surface area contributed by atoms with E-state index < -0.39 is 12.1 Å². The van der Waals surface area contributed by atoms with Crippen molar-refractivity contribution in [3.05, 3.63) is 36.5 Å². The summed E-state index contributed by atoms with van der Waals surface area (Å²) in [6.45, 7) is 4.94. The number of esters is 1. The van der Waals surface area contributed by atoms with Crippen molar-refractivity contribution < 1.29 is 24.5 Å². The highest BCUT2D eigenvalue weighted by molar-refractivity contribution is 5.76. The summed E-state index contributed by atoms with van der Waals surface area (Å²) >= 11 is 0. The van der Waals surface area contributed by atoms with Crippen LogP contribution < -0.4 is 5.32 Å². The van der Waals surface area contributed by atoms with E-state index in [1.807, 2.05) is 6.08 Å². The van der Waals surface area contributed by atoms with Gasteiger partial charge < -0.3 is 20.3 Å². The predicted molar refractivity (Wildman–Crippen MR) is 352 cm³/mol. The molecule has 0 aliphatic rings. The molecule has 80 heavy (non-hydrogen) atoms. The lowest BCUT2D eigenvalue weighted by Gasteiger charge is -2.20. The highest BCUT2D eigenvalue weighted by Crippen LogP contribution is 2.19. The first-order valence-corrected chi connectivity index (χ1v) is 36.3. The summed E-state index contributed by atoms with van der Waals surface area (Å²) in [6, 6.07) is -0.627. The first-order chi connectivity index (χ1) is 39.5. The summed E-state index contributed by atoms with van der Waals surface area (Å²) in [5.74, 6) is -0.0479. The zero-order valence-electron chi connectivity index (χ0n) is 54.1. The highest BCUT2D eigenvalue weighted by Gasteiger charge is 2.18. The number of hydrogen-bond donors (Lipinski definition) is 3. The number of carbonyl (C=O) groups is 2. The standard InChI is InChI=1S/C74H141NO5/c1-3-5-7-9-11-13-15-17-19-35-40-44-48-52-56-60-64-68-74(79)80-69-65-61-57-53-49-45-41-37-34-32-30-28-26-24-22-20-21-23-25-27-29-31-33-36-39-43-47-51-55-59-63-67-73(78)75-71(70-76)72(77)66-62-58-54-50-46-42-38-18-16-14-12-10-8-6-4-2/h22,24,28,30,62,66,71-72,76-77H,3-21,23,25-27,29,31-61,63-65,67-70H2,1-2H3,(H,75,78)/b24-22-,30-28-,66-62+. The van der Waals surface area contributed by atoms with Gasteiger partial charge in [-0.2, -0.15) is 0 Å². The summed E-state index contributed by atoms with van der Waals surface area (Å²) in [5, 5.41) is 23.2. The van der Waals surface area contributed by atoms with E-state index in [1.165, 1.54) is 327 Å². The van der Waals surface area contributed by atoms with Crippen LogP contribution in [0.2, 0.25) is 0 Å². The van der Waals surface area contributed by atoms with Crippen LogP contribution in [0.1, 0.15) is 399 Å². The van der Waals surface area contributed by atoms with Gasteiger partial charge in [-0.05, 0) is 64.2 Å². The lowest BCUT2D eigenvalue weighted by molar-refractivity contribution is -0.143. The Morgan fingerprint density at radius 3 is 0.950 bits per heavy atom. The Hall–Kier alpha value is -1.92. The summed E-state index contributed by atoms with van der Waals surface area (Å²) in [5.41, 5.74) is 0. The molecular formula is C74H141NO5. The van der Waals surface area contributed by atoms with Crippen molar-refractivity contribution in [3.8, 4) is 0 Å². The lowest BCUT2D eigenvalue weighted by atomic mass is 10.0. The second kappa shape index (κ2) is 69.6. The molecule has 0 aromatic carbocycles. The van der Waals surface area contributed by atoms with E-state index in [9.17, 15) is 19.8 Å². The Bertz CT molecular complexity index is 1300. The van der Waals surface area contributed by atoms with Crippen LogP contribution in [0.3, 0.4) is 0 Å². The Morgan fingerprint density at radius 2 is 0.625 bits per heavy atom. The maximum Gasteiger partial charge on any atom is 0.305 e. The lowest BCUT2D eigenvalue weighted by Crippen LogP contribution is -2.45. The molecular weight excluding hydrogens is 983 g/mol. The summed E-state index contributed by atoms with van der Waals surface area (Å²) < 4.78 is 5.50. The van der Waals surface area contributed by atoms with Gasteiger partial charge in [0.15, 0.2) is 0 Å². The Balaban J connectivity index is 3.39. The van der Waals surface area contributed by atoms with E-state index in [0.717, 1.165) is 44.9 Å². The van der Waals surface area contributed by atoms with Gasteiger partial charge in [0.2, 0.25) is 5.91 Å². The normalized spacial score (nSPS) is 12.7. The molecule has 2 atom stereocenters. The number of ether oxygens (including phenoxy) is 1. The molecule has 6 heteroatoms. The minimum Gasteiger partial charge on any atom is -0.466 e. The van der Waals surface area contributed by atoms with Crippen molar-refractivity contribution in [1.82, 2.24) is 5.32 Å². The number of carbonyl (C=O) groups excluding carboxylic acids is 2. The van der Waals surface area contributed by atoms with Crippen molar-refractivity contribution >= 4 is 11.9 Å². The molecule has 0 heterocycles. The molecule has 0 aromatic rings. The van der Waals surface area contributed by atoms with Gasteiger partial charge in [0, 0.05) is 12.8 Å². The van der Waals surface area contributed by atoms with Gasteiger partial charge in [-0.3, -0.25) is 9.59 Å². The third-order valence-corrected chi connectivity index (χ3v) is 16.9. The van der Waals surface area contributed by atoms with Crippen molar-refractivity contribution in [2.75, 3.05) is 13.2 Å². The zero-order chi connectivity index (χ0) is 57.8. The van der Waals surface area contributed by atoms with Gasteiger partial charge in [0.1, 0.15) is 0 Å². The quantitative estimate of drug-likeness (QED) is 0.0320. The largest absolute Gasteiger partial charge is 0.466 e. The molecule has 0 radical (unpaired) electrons. The van der Waals surface area contributed by atoms with Crippen LogP contribution in [0.4, 0.5) is 0 Å². The highest BCUT2D eigenvalue weighted by atomic mass is 16.5. The number of aliphatic hydroxyl groups is 2. The molecule has 0 aliphatic carbocycles. The van der Waals surface area contributed by atoms with Crippen LogP contribution in [0.15, 0.2) is 36.5 Å². The van der Waals surface area contributed by atoms with E-state index in [2.05, 4.69) is 43.5 Å². The molecule has 1 amide bonds. The first-order valence-electron chi connectivity index (χ1n) is 36.3. The van der Waals surface area contributed by atoms with Gasteiger partial charge in [0.25, 0.3) is 0 Å². The molecule has 2 unspecified atom stereocenters. The summed E-state index contributed by atoms with van der Waals surface area (Å²) in [6.07, 6.45) is 89.5. The van der Waals surface area contributed by atoms with Crippen molar-refractivity contribution in [1.29, 1.82) is 0 Å². The predicted octanol–water partition coefficient (Wildman–Crippen LogP) is 23.5. The smallest absolute Gasteiger partial charge is 0.305 e. The van der Waals surface area contributed by atoms with Crippen molar-refractivity contribution in [3.63, 3.8) is 0 Å². The van der Waals surface area contributed by atoms with Crippen LogP contribution in [0, 0.1) is 0 Å². The average molecular weight is 1120 g/mol. The molecule has 0 saturated carbocycles. The van der Waals surface area contributed by atoms with Crippen LogP contribution >= 0.6 is 0 Å². The van der Waals surface area contributed by atoms with Crippen LogP contribution in [0.5, 0.6) is 0 Å². The number of allylic oxidation sites excluding steroid dienone is 5. The van der Waals surface area contributed by atoms with Gasteiger partial charge in [-0.25, -0.2) is 0 Å². The molecule has 3 N–H and O–H groups in total. The Kier molecular flexibility index (Phi) is 67.9. The second-order valence-corrected chi connectivity index (χ2v) is 24.9. The maximum atomic E-state index is 12.5. The van der Waals surface area contributed by atoms with Crippen LogP contribution in [-0.2, 0) is 14.3 Å². The fourth-order valence-electron chi connectivity index (χ4n) is 11.4. The van der Waals surface area contributed by atoms with E-state index in [1.54, 1.807) is 6.08 Å². The van der Waals surface area contributed by atoms with Crippen LogP contribution in [0.25, 0.3) is 0 Å². The summed E-state index contributed by atoms with van der Waals surface area (Å²) in [7, 11) is 0. The third kappa shape index (κ3) is 65.2. The number of nitrogens with one attached hydrogen (secondary N) is 1. The second-order valence-electron chi connectivity index (χ2n) is 24.9. The van der Waals surface area contributed by atoms with Gasteiger partial charge in [-0.15, -0.1) is 0 Å². The van der Waals surface area contributed by atoms with Crippen molar-refractivity contribution in [2.45, 2.75) is 411 Å². The van der Waals surface area contributed by atoms with E-state index in [-0.39, 0.29) is 18.5 Å². The number of hydrogen-bond acceptors (Lipinski definition) is 5.